The van der Waals surface area contributed by atoms with E-state index in [1.165, 1.54) is 11.3 Å². The van der Waals surface area contributed by atoms with Gasteiger partial charge >= 0.3 is 0 Å². The van der Waals surface area contributed by atoms with Crippen LogP contribution in [-0.4, -0.2) is 14.8 Å². The van der Waals surface area contributed by atoms with Gasteiger partial charge in [0.1, 0.15) is 0 Å². The number of aromatic nitrogens is 3. The highest BCUT2D eigenvalue weighted by atomic mass is 15.3. The van der Waals surface area contributed by atoms with E-state index in [9.17, 15) is 0 Å². The summed E-state index contributed by atoms with van der Waals surface area (Å²) in [6.45, 7) is 4.98. The summed E-state index contributed by atoms with van der Waals surface area (Å²) in [6.07, 6.45) is 3.64. The summed E-state index contributed by atoms with van der Waals surface area (Å²) >= 11 is 0. The Kier molecular flexibility index (Phi) is 3.54. The molecule has 2 aromatic heterocycles. The minimum Gasteiger partial charge on any atom is -0.305 e. The van der Waals surface area contributed by atoms with Crippen LogP contribution in [0, 0.1) is 6.92 Å². The lowest BCUT2D eigenvalue weighted by molar-refractivity contribution is 0.547. The van der Waals surface area contributed by atoms with E-state index in [2.05, 4.69) is 28.4 Å². The van der Waals surface area contributed by atoms with Crippen LogP contribution in [0.1, 0.15) is 29.9 Å². The summed E-state index contributed by atoms with van der Waals surface area (Å²) in [6, 6.07) is 6.48. The van der Waals surface area contributed by atoms with Crippen molar-refractivity contribution in [1.29, 1.82) is 0 Å². The molecule has 0 aromatic carbocycles. The van der Waals surface area contributed by atoms with E-state index in [-0.39, 0.29) is 0 Å². The summed E-state index contributed by atoms with van der Waals surface area (Å²) in [4.78, 5) is 4.02. The maximum Gasteiger partial charge on any atom is 0.0597 e. The SMILES string of the molecule is Cc1cc(CNC(C)c2ccncc2)n(C)n1. The van der Waals surface area contributed by atoms with Crippen molar-refractivity contribution in [2.75, 3.05) is 0 Å². The van der Waals surface area contributed by atoms with Crippen molar-refractivity contribution >= 4 is 0 Å². The van der Waals surface area contributed by atoms with E-state index in [0.717, 1.165) is 12.2 Å². The van der Waals surface area contributed by atoms with Gasteiger partial charge in [0, 0.05) is 32.0 Å². The highest BCUT2D eigenvalue weighted by Crippen LogP contribution is 2.11. The van der Waals surface area contributed by atoms with E-state index < -0.39 is 0 Å². The van der Waals surface area contributed by atoms with Crippen molar-refractivity contribution < 1.29 is 0 Å². The molecule has 0 fully saturated rings. The average Bonchev–Trinajstić information content (AvgIpc) is 2.66. The molecule has 4 heteroatoms. The Labute approximate surface area is 102 Å². The van der Waals surface area contributed by atoms with Gasteiger partial charge in [0.2, 0.25) is 0 Å². The molecule has 4 nitrogen and oxygen atoms in total. The Morgan fingerprint density at radius 2 is 2.06 bits per heavy atom. The van der Waals surface area contributed by atoms with Crippen molar-refractivity contribution in [3.63, 3.8) is 0 Å². The molecule has 0 spiro atoms. The summed E-state index contributed by atoms with van der Waals surface area (Å²) in [5, 5.41) is 7.81. The first-order chi connectivity index (χ1) is 8.16. The summed E-state index contributed by atoms with van der Waals surface area (Å²) in [7, 11) is 1.97. The standard InChI is InChI=1S/C13H18N4/c1-10-8-13(17(3)16-10)9-15-11(2)12-4-6-14-7-5-12/h4-8,11,15H,9H2,1-3H3. The van der Waals surface area contributed by atoms with Crippen molar-refractivity contribution in [3.8, 4) is 0 Å². The zero-order valence-corrected chi connectivity index (χ0v) is 10.5. The van der Waals surface area contributed by atoms with Gasteiger partial charge in [-0.1, -0.05) is 0 Å². The molecule has 0 aliphatic heterocycles. The highest BCUT2D eigenvalue weighted by molar-refractivity contribution is 5.15. The van der Waals surface area contributed by atoms with E-state index >= 15 is 0 Å². The maximum absolute atomic E-state index is 4.33. The molecule has 17 heavy (non-hydrogen) atoms. The molecule has 2 rings (SSSR count). The largest absolute Gasteiger partial charge is 0.305 e. The number of nitrogens with zero attached hydrogens (tertiary/aromatic N) is 3. The number of rotatable bonds is 4. The van der Waals surface area contributed by atoms with Crippen LogP contribution in [0.4, 0.5) is 0 Å². The predicted molar refractivity (Wildman–Crippen MR) is 67.4 cm³/mol. The molecule has 1 unspecified atom stereocenters. The van der Waals surface area contributed by atoms with Crippen LogP contribution in [-0.2, 0) is 13.6 Å². The van der Waals surface area contributed by atoms with Crippen LogP contribution in [0.15, 0.2) is 30.6 Å². The van der Waals surface area contributed by atoms with E-state index in [1.54, 1.807) is 0 Å². The van der Waals surface area contributed by atoms with Crippen molar-refractivity contribution in [3.05, 3.63) is 47.5 Å². The Morgan fingerprint density at radius 1 is 1.35 bits per heavy atom. The predicted octanol–water partition coefficient (Wildman–Crippen LogP) is 1.97. The molecule has 0 aliphatic rings. The van der Waals surface area contributed by atoms with Gasteiger partial charge in [0.25, 0.3) is 0 Å². The van der Waals surface area contributed by atoms with E-state index in [4.69, 9.17) is 0 Å². The monoisotopic (exact) mass is 230 g/mol. The first-order valence-electron chi connectivity index (χ1n) is 5.79. The third kappa shape index (κ3) is 2.91. The van der Waals surface area contributed by atoms with Crippen LogP contribution >= 0.6 is 0 Å². The number of hydrogen-bond donors (Lipinski definition) is 1. The molecule has 0 bridgehead atoms. The van der Waals surface area contributed by atoms with Crippen LogP contribution in [0.5, 0.6) is 0 Å². The van der Waals surface area contributed by atoms with Crippen molar-refractivity contribution in [1.82, 2.24) is 20.1 Å². The maximum atomic E-state index is 4.33. The molecule has 0 saturated heterocycles. The first kappa shape index (κ1) is 11.8. The molecular weight excluding hydrogens is 212 g/mol. The topological polar surface area (TPSA) is 42.7 Å². The van der Waals surface area contributed by atoms with E-state index in [1.807, 2.05) is 43.2 Å². The molecule has 0 aliphatic carbocycles. The minimum absolute atomic E-state index is 0.313. The fourth-order valence-corrected chi connectivity index (χ4v) is 1.86. The number of nitrogens with one attached hydrogen (secondary N) is 1. The van der Waals surface area contributed by atoms with Crippen LogP contribution in [0.2, 0.25) is 0 Å². The second kappa shape index (κ2) is 5.10. The average molecular weight is 230 g/mol. The van der Waals surface area contributed by atoms with Gasteiger partial charge in [-0.3, -0.25) is 9.67 Å². The molecule has 0 saturated carbocycles. The molecular formula is C13H18N4. The van der Waals surface area contributed by atoms with Gasteiger partial charge < -0.3 is 5.32 Å². The minimum atomic E-state index is 0.313. The molecule has 0 amide bonds. The summed E-state index contributed by atoms with van der Waals surface area (Å²) in [5.41, 5.74) is 3.50. The lowest BCUT2D eigenvalue weighted by Gasteiger charge is -2.13. The Hall–Kier alpha value is -1.68. The summed E-state index contributed by atoms with van der Waals surface area (Å²) < 4.78 is 1.92. The second-order valence-corrected chi connectivity index (χ2v) is 4.28. The van der Waals surface area contributed by atoms with Crippen molar-refractivity contribution in [2.24, 2.45) is 7.05 Å². The van der Waals surface area contributed by atoms with Crippen molar-refractivity contribution in [2.45, 2.75) is 26.4 Å². The third-order valence-corrected chi connectivity index (χ3v) is 2.89. The molecule has 0 radical (unpaired) electrons. The third-order valence-electron chi connectivity index (χ3n) is 2.89. The van der Waals surface area contributed by atoms with Gasteiger partial charge in [-0.2, -0.15) is 5.10 Å². The molecule has 2 heterocycles. The number of aryl methyl sites for hydroxylation is 2. The van der Waals surface area contributed by atoms with Gasteiger partial charge in [-0.25, -0.2) is 0 Å². The Bertz CT molecular complexity index is 475. The molecule has 1 atom stereocenters. The fraction of sp³-hybridized carbons (Fsp3) is 0.385. The second-order valence-electron chi connectivity index (χ2n) is 4.28. The Morgan fingerprint density at radius 3 is 2.65 bits per heavy atom. The lowest BCUT2D eigenvalue weighted by Crippen LogP contribution is -2.19. The smallest absolute Gasteiger partial charge is 0.0597 e. The molecule has 1 N–H and O–H groups in total. The van der Waals surface area contributed by atoms with Crippen LogP contribution < -0.4 is 5.32 Å². The zero-order valence-electron chi connectivity index (χ0n) is 10.5. The van der Waals surface area contributed by atoms with Crippen LogP contribution in [0.25, 0.3) is 0 Å². The first-order valence-corrected chi connectivity index (χ1v) is 5.79. The fourth-order valence-electron chi connectivity index (χ4n) is 1.86. The van der Waals surface area contributed by atoms with Crippen LogP contribution in [0.3, 0.4) is 0 Å². The highest BCUT2D eigenvalue weighted by Gasteiger charge is 2.06. The zero-order chi connectivity index (χ0) is 12.3. The quantitative estimate of drug-likeness (QED) is 0.873. The van der Waals surface area contributed by atoms with E-state index in [0.29, 0.717) is 6.04 Å². The van der Waals surface area contributed by atoms with Gasteiger partial charge in [0.05, 0.1) is 11.4 Å². The lowest BCUT2D eigenvalue weighted by atomic mass is 10.1. The Balaban J connectivity index is 1.97. The van der Waals surface area contributed by atoms with Gasteiger partial charge in [-0.05, 0) is 37.6 Å². The molecule has 2 aromatic rings. The number of hydrogen-bond acceptors (Lipinski definition) is 3. The summed E-state index contributed by atoms with van der Waals surface area (Å²) in [5.74, 6) is 0. The number of pyridine rings is 1. The van der Waals surface area contributed by atoms with Gasteiger partial charge in [0.15, 0.2) is 0 Å². The normalized spacial score (nSPS) is 12.6. The van der Waals surface area contributed by atoms with Gasteiger partial charge in [-0.15, -0.1) is 0 Å². The molecule has 90 valence electrons.